The number of halogens is 1. The highest BCUT2D eigenvalue weighted by molar-refractivity contribution is 6.31. The molecule has 5 N–H and O–H groups in total. The lowest BCUT2D eigenvalue weighted by molar-refractivity contribution is 0.0931. The number of benzene rings is 1. The summed E-state index contributed by atoms with van der Waals surface area (Å²) in [5.74, 6) is -0.233. The van der Waals surface area contributed by atoms with Crippen LogP contribution in [-0.4, -0.2) is 47.0 Å². The van der Waals surface area contributed by atoms with Gasteiger partial charge in [0.15, 0.2) is 22.5 Å². The summed E-state index contributed by atoms with van der Waals surface area (Å²) in [6.07, 6.45) is 0. The van der Waals surface area contributed by atoms with Crippen LogP contribution in [0.15, 0.2) is 24.3 Å². The van der Waals surface area contributed by atoms with Gasteiger partial charge in [0, 0.05) is 25.0 Å². The van der Waals surface area contributed by atoms with Gasteiger partial charge in [-0.2, -0.15) is 0 Å². The van der Waals surface area contributed by atoms with Crippen molar-refractivity contribution in [3.8, 4) is 0 Å². The van der Waals surface area contributed by atoms with Gasteiger partial charge in [-0.25, -0.2) is 9.97 Å². The van der Waals surface area contributed by atoms with Crippen molar-refractivity contribution in [2.45, 2.75) is 18.9 Å². The standard InChI is InChI=1S/C17H21ClN6O/c1-9-3-5-10(6-4-9)11-7-24(2)8-12(11)21-17(25)13-15(19)23-16(20)14(18)22-13/h3-6,11-12H,7-8H2,1-2H3,(H,21,25)(H4,19,20,23)/t11-,12?/m0/s1. The van der Waals surface area contributed by atoms with E-state index in [2.05, 4.69) is 51.4 Å². The van der Waals surface area contributed by atoms with Gasteiger partial charge in [0.05, 0.1) is 0 Å². The highest BCUT2D eigenvalue weighted by Gasteiger charge is 2.34. The molecule has 2 heterocycles. The van der Waals surface area contributed by atoms with Crippen LogP contribution in [0.1, 0.15) is 27.5 Å². The van der Waals surface area contributed by atoms with E-state index < -0.39 is 5.91 Å². The highest BCUT2D eigenvalue weighted by atomic mass is 35.5. The number of carbonyl (C=O) groups is 1. The largest absolute Gasteiger partial charge is 0.382 e. The smallest absolute Gasteiger partial charge is 0.274 e. The lowest BCUT2D eigenvalue weighted by Crippen LogP contribution is -2.40. The molecule has 1 saturated heterocycles. The molecule has 0 aliphatic carbocycles. The Morgan fingerprint density at radius 1 is 1.20 bits per heavy atom. The van der Waals surface area contributed by atoms with Crippen LogP contribution in [0.4, 0.5) is 11.6 Å². The van der Waals surface area contributed by atoms with Crippen LogP contribution in [0.5, 0.6) is 0 Å². The molecule has 7 nitrogen and oxygen atoms in total. The Bertz CT molecular complexity index is 794. The summed E-state index contributed by atoms with van der Waals surface area (Å²) in [6.45, 7) is 3.65. The van der Waals surface area contributed by atoms with E-state index in [4.69, 9.17) is 23.1 Å². The minimum atomic E-state index is -0.399. The van der Waals surface area contributed by atoms with Gasteiger partial charge in [0.2, 0.25) is 0 Å². The van der Waals surface area contributed by atoms with E-state index >= 15 is 0 Å². The van der Waals surface area contributed by atoms with Crippen molar-refractivity contribution in [3.63, 3.8) is 0 Å². The fraction of sp³-hybridized carbons (Fsp3) is 0.353. The molecule has 8 heteroatoms. The zero-order valence-corrected chi connectivity index (χ0v) is 14.9. The molecule has 2 atom stereocenters. The van der Waals surface area contributed by atoms with Crippen molar-refractivity contribution < 1.29 is 4.79 Å². The van der Waals surface area contributed by atoms with E-state index in [9.17, 15) is 4.79 Å². The maximum Gasteiger partial charge on any atom is 0.274 e. The number of aryl methyl sites for hydroxylation is 1. The Morgan fingerprint density at radius 2 is 1.88 bits per heavy atom. The van der Waals surface area contributed by atoms with Gasteiger partial charge in [-0.1, -0.05) is 41.4 Å². The second kappa shape index (κ2) is 6.85. The molecule has 1 unspecified atom stereocenters. The van der Waals surface area contributed by atoms with Crippen molar-refractivity contribution in [1.82, 2.24) is 20.2 Å². The predicted octanol–water partition coefficient (Wildman–Crippen LogP) is 1.43. The number of nitrogen functional groups attached to an aromatic ring is 2. The second-order valence-corrected chi connectivity index (χ2v) is 6.81. The molecule has 25 heavy (non-hydrogen) atoms. The molecule has 0 radical (unpaired) electrons. The van der Waals surface area contributed by atoms with Crippen LogP contribution in [0, 0.1) is 6.92 Å². The summed E-state index contributed by atoms with van der Waals surface area (Å²) >= 11 is 5.87. The molecule has 1 aliphatic heterocycles. The Kier molecular flexibility index (Phi) is 4.78. The maximum atomic E-state index is 12.6. The molecule has 2 aromatic rings. The number of likely N-dealkylation sites (tertiary alicyclic amines) is 1. The highest BCUT2D eigenvalue weighted by Crippen LogP contribution is 2.27. The first-order chi connectivity index (χ1) is 11.8. The number of amides is 1. The number of nitrogens with two attached hydrogens (primary N) is 2. The molecule has 0 bridgehead atoms. The van der Waals surface area contributed by atoms with Crippen molar-refractivity contribution in [1.29, 1.82) is 0 Å². The van der Waals surface area contributed by atoms with E-state index in [0.29, 0.717) is 0 Å². The Labute approximate surface area is 151 Å². The molecule has 1 fully saturated rings. The Hall–Kier alpha value is -2.38. The lowest BCUT2D eigenvalue weighted by Gasteiger charge is -2.20. The zero-order valence-electron chi connectivity index (χ0n) is 14.2. The third kappa shape index (κ3) is 3.67. The quantitative estimate of drug-likeness (QED) is 0.763. The van der Waals surface area contributed by atoms with Crippen LogP contribution in [0.3, 0.4) is 0 Å². The van der Waals surface area contributed by atoms with E-state index in [0.717, 1.165) is 13.1 Å². The third-order valence-corrected chi connectivity index (χ3v) is 4.72. The molecule has 1 aromatic carbocycles. The number of aromatic nitrogens is 2. The van der Waals surface area contributed by atoms with E-state index in [1.807, 2.05) is 7.05 Å². The minimum absolute atomic E-state index is 0.00332. The molecule has 1 aromatic heterocycles. The van der Waals surface area contributed by atoms with Gasteiger partial charge in [-0.15, -0.1) is 0 Å². The van der Waals surface area contributed by atoms with Crippen LogP contribution < -0.4 is 16.8 Å². The predicted molar refractivity (Wildman–Crippen MR) is 98.5 cm³/mol. The summed E-state index contributed by atoms with van der Waals surface area (Å²) in [6, 6.07) is 8.31. The molecule has 1 aliphatic rings. The zero-order chi connectivity index (χ0) is 18.1. The topological polar surface area (TPSA) is 110 Å². The Balaban J connectivity index is 1.81. The van der Waals surface area contributed by atoms with Crippen LogP contribution >= 0.6 is 11.6 Å². The molecule has 1 amide bonds. The average Bonchev–Trinajstić information content (AvgIpc) is 2.92. The maximum absolute atomic E-state index is 12.6. The minimum Gasteiger partial charge on any atom is -0.382 e. The molecule has 132 valence electrons. The lowest BCUT2D eigenvalue weighted by atomic mass is 9.93. The second-order valence-electron chi connectivity index (χ2n) is 6.45. The Morgan fingerprint density at radius 3 is 2.56 bits per heavy atom. The number of hydrogen-bond acceptors (Lipinski definition) is 6. The van der Waals surface area contributed by atoms with Crippen molar-refractivity contribution in [3.05, 3.63) is 46.2 Å². The van der Waals surface area contributed by atoms with Gasteiger partial charge in [0.1, 0.15) is 0 Å². The summed E-state index contributed by atoms with van der Waals surface area (Å²) in [5, 5.41) is 2.98. The van der Waals surface area contributed by atoms with Crippen molar-refractivity contribution in [2.75, 3.05) is 31.6 Å². The van der Waals surface area contributed by atoms with Gasteiger partial charge in [0.25, 0.3) is 5.91 Å². The summed E-state index contributed by atoms with van der Waals surface area (Å²) in [7, 11) is 2.03. The first-order valence-electron chi connectivity index (χ1n) is 7.99. The summed E-state index contributed by atoms with van der Waals surface area (Å²) in [5.41, 5.74) is 13.7. The molecule has 0 saturated carbocycles. The van der Waals surface area contributed by atoms with Crippen LogP contribution in [-0.2, 0) is 0 Å². The first kappa shape index (κ1) is 17.4. The van der Waals surface area contributed by atoms with Gasteiger partial charge in [-0.05, 0) is 19.5 Å². The van der Waals surface area contributed by atoms with Gasteiger partial charge >= 0.3 is 0 Å². The summed E-state index contributed by atoms with van der Waals surface area (Å²) < 4.78 is 0. The molecule has 3 rings (SSSR count). The number of likely N-dealkylation sites (N-methyl/N-ethyl adjacent to an activating group) is 1. The van der Waals surface area contributed by atoms with Crippen LogP contribution in [0.2, 0.25) is 5.15 Å². The number of anilines is 2. The fourth-order valence-corrected chi connectivity index (χ4v) is 3.27. The van der Waals surface area contributed by atoms with Crippen molar-refractivity contribution >= 4 is 29.1 Å². The van der Waals surface area contributed by atoms with Gasteiger partial charge < -0.3 is 21.7 Å². The van der Waals surface area contributed by atoms with E-state index in [1.165, 1.54) is 11.1 Å². The monoisotopic (exact) mass is 360 g/mol. The fourth-order valence-electron chi connectivity index (χ4n) is 3.14. The SMILES string of the molecule is Cc1ccc([C@@H]2CN(C)CC2NC(=O)c2nc(Cl)c(N)nc2N)cc1. The van der Waals surface area contributed by atoms with Crippen LogP contribution in [0.25, 0.3) is 0 Å². The first-order valence-corrected chi connectivity index (χ1v) is 8.37. The summed E-state index contributed by atoms with van der Waals surface area (Å²) in [4.78, 5) is 22.6. The number of hydrogen-bond donors (Lipinski definition) is 3. The molecule has 0 spiro atoms. The number of carbonyl (C=O) groups excluding carboxylic acids is 1. The number of rotatable bonds is 3. The van der Waals surface area contributed by atoms with Gasteiger partial charge in [-0.3, -0.25) is 4.79 Å². The molecular weight excluding hydrogens is 340 g/mol. The third-order valence-electron chi connectivity index (χ3n) is 4.44. The van der Waals surface area contributed by atoms with E-state index in [1.54, 1.807) is 0 Å². The normalized spacial score (nSPS) is 20.6. The molecular formula is C17H21ClN6O. The van der Waals surface area contributed by atoms with E-state index in [-0.39, 0.29) is 34.4 Å². The number of nitrogens with one attached hydrogen (secondary N) is 1. The number of nitrogens with zero attached hydrogens (tertiary/aromatic N) is 3. The van der Waals surface area contributed by atoms with Crippen molar-refractivity contribution in [2.24, 2.45) is 0 Å². The average molecular weight is 361 g/mol.